The van der Waals surface area contributed by atoms with Crippen LogP contribution in [0.25, 0.3) is 0 Å². The van der Waals surface area contributed by atoms with E-state index in [2.05, 4.69) is 5.32 Å². The molecule has 0 saturated heterocycles. The summed E-state index contributed by atoms with van der Waals surface area (Å²) in [5.74, 6) is 0.619. The van der Waals surface area contributed by atoms with Gasteiger partial charge in [-0.3, -0.25) is 4.79 Å². The van der Waals surface area contributed by atoms with Crippen LogP contribution in [0.1, 0.15) is 24.0 Å². The second kappa shape index (κ2) is 8.58. The summed E-state index contributed by atoms with van der Waals surface area (Å²) in [7, 11) is 0. The number of hydrogen-bond acceptors (Lipinski definition) is 3. The first-order chi connectivity index (χ1) is 11.5. The zero-order valence-electron chi connectivity index (χ0n) is 13.1. The Morgan fingerprint density at radius 3 is 2.75 bits per heavy atom. The Kier molecular flexibility index (Phi) is 6.48. The van der Waals surface area contributed by atoms with E-state index in [1.165, 1.54) is 0 Å². The molecular formula is C18H16Cl2N2O2. The largest absolute Gasteiger partial charge is 0.493 e. The second-order valence-electron chi connectivity index (χ2n) is 5.22. The fraction of sp³-hybridized carbons (Fsp3) is 0.222. The lowest BCUT2D eigenvalue weighted by atomic mass is 10.2. The van der Waals surface area contributed by atoms with Crippen molar-refractivity contribution < 1.29 is 9.53 Å². The number of halogens is 2. The number of carbonyl (C=O) groups excluding carboxylic acids is 1. The molecule has 0 aliphatic heterocycles. The molecule has 0 aliphatic rings. The van der Waals surface area contributed by atoms with E-state index >= 15 is 0 Å². The van der Waals surface area contributed by atoms with Crippen molar-refractivity contribution >= 4 is 34.8 Å². The van der Waals surface area contributed by atoms with Gasteiger partial charge in [0, 0.05) is 17.1 Å². The monoisotopic (exact) mass is 362 g/mol. The Hall–Kier alpha value is -2.22. The van der Waals surface area contributed by atoms with Crippen molar-refractivity contribution in [1.82, 2.24) is 0 Å². The standard InChI is InChI=1S/C18H16Cl2N2O2/c1-12-9-14(19)4-7-17(12)24-8-2-3-18(23)22-15-5-6-16(20)13(10-15)11-21/h4-7,9-10H,2-3,8H2,1H3,(H,22,23). The summed E-state index contributed by atoms with van der Waals surface area (Å²) in [5, 5.41) is 12.7. The fourth-order valence-electron chi connectivity index (χ4n) is 2.10. The van der Waals surface area contributed by atoms with Crippen LogP contribution in [0.15, 0.2) is 36.4 Å². The molecule has 0 radical (unpaired) electrons. The molecule has 124 valence electrons. The molecule has 1 amide bonds. The highest BCUT2D eigenvalue weighted by molar-refractivity contribution is 6.31. The van der Waals surface area contributed by atoms with Gasteiger partial charge >= 0.3 is 0 Å². The number of ether oxygens (including phenoxy) is 1. The van der Waals surface area contributed by atoms with Crippen LogP contribution in [0.3, 0.4) is 0 Å². The van der Waals surface area contributed by atoms with E-state index in [4.69, 9.17) is 33.2 Å². The van der Waals surface area contributed by atoms with Gasteiger partial charge in [0.1, 0.15) is 11.8 Å². The van der Waals surface area contributed by atoms with Crippen LogP contribution in [0, 0.1) is 18.3 Å². The van der Waals surface area contributed by atoms with Gasteiger partial charge in [-0.1, -0.05) is 23.2 Å². The zero-order chi connectivity index (χ0) is 17.5. The molecular weight excluding hydrogens is 347 g/mol. The molecule has 24 heavy (non-hydrogen) atoms. The van der Waals surface area contributed by atoms with Crippen molar-refractivity contribution in [1.29, 1.82) is 5.26 Å². The number of carbonyl (C=O) groups is 1. The summed E-state index contributed by atoms with van der Waals surface area (Å²) in [5.41, 5.74) is 1.84. The molecule has 6 heteroatoms. The average molecular weight is 363 g/mol. The van der Waals surface area contributed by atoms with Crippen LogP contribution < -0.4 is 10.1 Å². The highest BCUT2D eigenvalue weighted by atomic mass is 35.5. The molecule has 2 rings (SSSR count). The minimum Gasteiger partial charge on any atom is -0.493 e. The molecule has 4 nitrogen and oxygen atoms in total. The summed E-state index contributed by atoms with van der Waals surface area (Å²) in [6.07, 6.45) is 0.893. The number of anilines is 1. The quantitative estimate of drug-likeness (QED) is 0.737. The molecule has 0 heterocycles. The normalized spacial score (nSPS) is 10.1. The van der Waals surface area contributed by atoms with Crippen LogP contribution in [0.4, 0.5) is 5.69 Å². The molecule has 0 fully saturated rings. The number of amides is 1. The lowest BCUT2D eigenvalue weighted by Gasteiger charge is -2.10. The highest BCUT2D eigenvalue weighted by Gasteiger charge is 2.06. The molecule has 2 aromatic rings. The maximum Gasteiger partial charge on any atom is 0.224 e. The van der Waals surface area contributed by atoms with Crippen LogP contribution in [0.2, 0.25) is 10.0 Å². The Bertz CT molecular complexity index is 785. The van der Waals surface area contributed by atoms with Crippen molar-refractivity contribution in [2.75, 3.05) is 11.9 Å². The first kappa shape index (κ1) is 18.1. The Morgan fingerprint density at radius 2 is 2.04 bits per heavy atom. The van der Waals surface area contributed by atoms with E-state index < -0.39 is 0 Å². The predicted octanol–water partition coefficient (Wildman–Crippen LogP) is 4.97. The number of benzene rings is 2. The maximum absolute atomic E-state index is 11.9. The zero-order valence-corrected chi connectivity index (χ0v) is 14.6. The first-order valence-corrected chi connectivity index (χ1v) is 8.13. The molecule has 0 saturated carbocycles. The lowest BCUT2D eigenvalue weighted by Crippen LogP contribution is -2.13. The van der Waals surface area contributed by atoms with Gasteiger partial charge < -0.3 is 10.1 Å². The van der Waals surface area contributed by atoms with Crippen molar-refractivity contribution in [2.24, 2.45) is 0 Å². The number of nitriles is 1. The Balaban J connectivity index is 1.78. The van der Waals surface area contributed by atoms with Crippen LogP contribution >= 0.6 is 23.2 Å². The van der Waals surface area contributed by atoms with E-state index in [9.17, 15) is 4.79 Å². The van der Waals surface area contributed by atoms with Gasteiger partial charge in [-0.2, -0.15) is 5.26 Å². The third-order valence-electron chi connectivity index (χ3n) is 3.31. The van der Waals surface area contributed by atoms with Crippen molar-refractivity contribution in [2.45, 2.75) is 19.8 Å². The summed E-state index contributed by atoms with van der Waals surface area (Å²) in [6.45, 7) is 2.35. The van der Waals surface area contributed by atoms with Gasteiger partial charge in [-0.05, 0) is 55.3 Å². The Morgan fingerprint density at radius 1 is 1.25 bits per heavy atom. The van der Waals surface area contributed by atoms with E-state index in [-0.39, 0.29) is 5.91 Å². The third kappa shape index (κ3) is 5.16. The summed E-state index contributed by atoms with van der Waals surface area (Å²) >= 11 is 11.7. The average Bonchev–Trinajstić information content (AvgIpc) is 2.55. The second-order valence-corrected chi connectivity index (χ2v) is 6.06. The number of nitrogens with zero attached hydrogens (tertiary/aromatic N) is 1. The molecule has 0 spiro atoms. The molecule has 1 N–H and O–H groups in total. The van der Waals surface area contributed by atoms with E-state index in [0.29, 0.717) is 40.7 Å². The van der Waals surface area contributed by atoms with Gasteiger partial charge in [-0.15, -0.1) is 0 Å². The van der Waals surface area contributed by atoms with Gasteiger partial charge in [0.15, 0.2) is 0 Å². The molecule has 0 aromatic heterocycles. The lowest BCUT2D eigenvalue weighted by molar-refractivity contribution is -0.116. The third-order valence-corrected chi connectivity index (χ3v) is 3.88. The maximum atomic E-state index is 11.9. The van der Waals surface area contributed by atoms with Crippen LogP contribution in [0.5, 0.6) is 5.75 Å². The number of aryl methyl sites for hydroxylation is 1. The topological polar surface area (TPSA) is 62.1 Å². The van der Waals surface area contributed by atoms with Crippen molar-refractivity contribution in [3.05, 3.63) is 57.6 Å². The minimum absolute atomic E-state index is 0.141. The molecule has 0 atom stereocenters. The van der Waals surface area contributed by atoms with Crippen LogP contribution in [-0.2, 0) is 4.79 Å². The van der Waals surface area contributed by atoms with Gasteiger partial charge in [0.25, 0.3) is 0 Å². The van der Waals surface area contributed by atoms with Crippen LogP contribution in [-0.4, -0.2) is 12.5 Å². The molecule has 0 bridgehead atoms. The van der Waals surface area contributed by atoms with Crippen molar-refractivity contribution in [3.63, 3.8) is 0 Å². The highest BCUT2D eigenvalue weighted by Crippen LogP contribution is 2.22. The summed E-state index contributed by atoms with van der Waals surface area (Å²) in [4.78, 5) is 11.9. The molecule has 0 unspecified atom stereocenters. The smallest absolute Gasteiger partial charge is 0.224 e. The predicted molar refractivity (Wildman–Crippen MR) is 95.7 cm³/mol. The van der Waals surface area contributed by atoms with Gasteiger partial charge in [0.2, 0.25) is 5.91 Å². The first-order valence-electron chi connectivity index (χ1n) is 7.38. The summed E-state index contributed by atoms with van der Waals surface area (Å²) < 4.78 is 5.65. The molecule has 0 aliphatic carbocycles. The minimum atomic E-state index is -0.141. The van der Waals surface area contributed by atoms with Crippen molar-refractivity contribution in [3.8, 4) is 11.8 Å². The Labute approximate surface area is 151 Å². The number of rotatable bonds is 6. The van der Waals surface area contributed by atoms with E-state index in [1.807, 2.05) is 25.1 Å². The SMILES string of the molecule is Cc1cc(Cl)ccc1OCCCC(=O)Nc1ccc(Cl)c(C#N)c1. The molecule has 2 aromatic carbocycles. The van der Waals surface area contributed by atoms with E-state index in [0.717, 1.165) is 11.3 Å². The number of nitrogens with one attached hydrogen (secondary N) is 1. The van der Waals surface area contributed by atoms with E-state index in [1.54, 1.807) is 24.3 Å². The number of hydrogen-bond donors (Lipinski definition) is 1. The summed E-state index contributed by atoms with van der Waals surface area (Å²) in [6, 6.07) is 12.2. The van der Waals surface area contributed by atoms with Gasteiger partial charge in [0.05, 0.1) is 17.2 Å². The fourth-order valence-corrected chi connectivity index (χ4v) is 2.49. The van der Waals surface area contributed by atoms with Gasteiger partial charge in [-0.25, -0.2) is 0 Å².